The van der Waals surface area contributed by atoms with E-state index in [1.165, 1.54) is 128 Å². The average molecular weight is 826 g/mol. The summed E-state index contributed by atoms with van der Waals surface area (Å²) in [5.74, 6) is -0.846. The van der Waals surface area contributed by atoms with Gasteiger partial charge in [0.1, 0.15) is 6.61 Å². The largest absolute Gasteiger partial charge is 0.472 e. The summed E-state index contributed by atoms with van der Waals surface area (Å²) < 4.78 is 32.8. The molecule has 0 aromatic rings. The van der Waals surface area contributed by atoms with Crippen LogP contribution in [0.2, 0.25) is 0 Å². The number of carbonyl (C=O) groups excluding carboxylic acids is 2. The maximum absolute atomic E-state index is 12.6. The van der Waals surface area contributed by atoms with Crippen molar-refractivity contribution in [3.8, 4) is 0 Å². The summed E-state index contributed by atoms with van der Waals surface area (Å²) in [5.41, 5.74) is 5.35. The zero-order chi connectivity index (χ0) is 41.8. The van der Waals surface area contributed by atoms with Gasteiger partial charge in [-0.3, -0.25) is 18.6 Å². The predicted molar refractivity (Wildman–Crippen MR) is 238 cm³/mol. The Bertz CT molecular complexity index is 1030. The second kappa shape index (κ2) is 43.8. The van der Waals surface area contributed by atoms with Crippen LogP contribution in [0, 0.1) is 0 Å². The number of nitrogens with two attached hydrogens (primary N) is 1. The smallest absolute Gasteiger partial charge is 0.462 e. The van der Waals surface area contributed by atoms with Crippen LogP contribution in [0.1, 0.15) is 219 Å². The molecule has 0 bridgehead atoms. The van der Waals surface area contributed by atoms with Crippen molar-refractivity contribution in [3.63, 3.8) is 0 Å². The first-order chi connectivity index (χ1) is 27.8. The van der Waals surface area contributed by atoms with E-state index in [9.17, 15) is 19.0 Å². The van der Waals surface area contributed by atoms with E-state index in [4.69, 9.17) is 24.3 Å². The quantitative estimate of drug-likeness (QED) is 0.0266. The Balaban J connectivity index is 4.12. The van der Waals surface area contributed by atoms with Crippen LogP contribution in [0.15, 0.2) is 36.5 Å². The number of ether oxygens (including phenoxy) is 2. The third-order valence-electron chi connectivity index (χ3n) is 10.0. The van der Waals surface area contributed by atoms with Crippen molar-refractivity contribution >= 4 is 19.8 Å². The molecule has 10 heteroatoms. The van der Waals surface area contributed by atoms with Crippen molar-refractivity contribution < 1.29 is 37.6 Å². The van der Waals surface area contributed by atoms with Crippen LogP contribution in [-0.4, -0.2) is 49.3 Å². The van der Waals surface area contributed by atoms with Crippen molar-refractivity contribution in [2.45, 2.75) is 225 Å². The van der Waals surface area contributed by atoms with Gasteiger partial charge >= 0.3 is 19.8 Å². The molecule has 0 saturated heterocycles. The maximum atomic E-state index is 12.6. The van der Waals surface area contributed by atoms with Crippen LogP contribution >= 0.6 is 7.82 Å². The van der Waals surface area contributed by atoms with E-state index < -0.39 is 32.5 Å². The van der Waals surface area contributed by atoms with Gasteiger partial charge in [-0.05, 0) is 51.4 Å². The van der Waals surface area contributed by atoms with Crippen LogP contribution in [0.25, 0.3) is 0 Å². The lowest BCUT2D eigenvalue weighted by Crippen LogP contribution is -2.29. The number of allylic oxidation sites excluding steroid dienone is 6. The Morgan fingerprint density at radius 2 is 0.912 bits per heavy atom. The van der Waals surface area contributed by atoms with Crippen molar-refractivity contribution in [3.05, 3.63) is 36.5 Å². The van der Waals surface area contributed by atoms with Gasteiger partial charge in [-0.1, -0.05) is 192 Å². The van der Waals surface area contributed by atoms with E-state index in [2.05, 4.69) is 50.3 Å². The molecule has 0 heterocycles. The Morgan fingerprint density at radius 3 is 1.39 bits per heavy atom. The molecule has 0 aliphatic carbocycles. The molecule has 0 radical (unpaired) electrons. The third-order valence-corrected chi connectivity index (χ3v) is 11.0. The van der Waals surface area contributed by atoms with Crippen molar-refractivity contribution in [2.24, 2.45) is 5.73 Å². The van der Waals surface area contributed by atoms with Gasteiger partial charge in [-0.2, -0.15) is 0 Å². The first-order valence-corrected chi connectivity index (χ1v) is 25.0. The van der Waals surface area contributed by atoms with E-state index >= 15 is 0 Å². The molecule has 0 saturated carbocycles. The van der Waals surface area contributed by atoms with E-state index in [0.29, 0.717) is 12.8 Å². The molecule has 0 aliphatic rings. The fraction of sp³-hybridized carbons (Fsp3) is 0.830. The summed E-state index contributed by atoms with van der Waals surface area (Å²) >= 11 is 0. The zero-order valence-corrected chi connectivity index (χ0v) is 37.7. The molecule has 57 heavy (non-hydrogen) atoms. The number of unbranched alkanes of at least 4 members (excludes halogenated alkanes) is 25. The van der Waals surface area contributed by atoms with Crippen LogP contribution < -0.4 is 5.73 Å². The standard InChI is InChI=1S/C47H88NO8P/c1-3-5-7-9-11-13-15-17-19-21-22-24-26-28-30-32-34-36-38-40-47(50)56-45(44-55-57(51,52)54-42-41-48)43-53-46(49)39-37-35-33-31-29-27-25-23-20-18-16-14-12-10-8-6-4-2/h12,14,18,20,25,27,45H,3-11,13,15-17,19,21-24,26,28-44,48H2,1-2H3,(H,51,52)/b14-12+,20-18+,27-25+/t45-/m1/s1. The zero-order valence-electron chi connectivity index (χ0n) is 36.8. The van der Waals surface area contributed by atoms with Crippen LogP contribution in [0.5, 0.6) is 0 Å². The number of carbonyl (C=O) groups is 2. The second-order valence-electron chi connectivity index (χ2n) is 15.6. The highest BCUT2D eigenvalue weighted by Crippen LogP contribution is 2.43. The number of rotatable bonds is 44. The lowest BCUT2D eigenvalue weighted by atomic mass is 10.0. The van der Waals surface area contributed by atoms with Gasteiger partial charge in [0.25, 0.3) is 0 Å². The van der Waals surface area contributed by atoms with Crippen LogP contribution in [0.4, 0.5) is 0 Å². The van der Waals surface area contributed by atoms with Gasteiger partial charge in [0.05, 0.1) is 13.2 Å². The molecule has 3 N–H and O–H groups in total. The Hall–Kier alpha value is -1.77. The maximum Gasteiger partial charge on any atom is 0.472 e. The summed E-state index contributed by atoms with van der Waals surface area (Å²) in [6, 6.07) is 0. The predicted octanol–water partition coefficient (Wildman–Crippen LogP) is 13.7. The van der Waals surface area contributed by atoms with Gasteiger partial charge in [0.2, 0.25) is 0 Å². The monoisotopic (exact) mass is 826 g/mol. The van der Waals surface area contributed by atoms with Crippen LogP contribution in [0.3, 0.4) is 0 Å². The Kier molecular flexibility index (Phi) is 42.4. The lowest BCUT2D eigenvalue weighted by Gasteiger charge is -2.19. The van der Waals surface area contributed by atoms with Crippen molar-refractivity contribution in [1.29, 1.82) is 0 Å². The molecule has 334 valence electrons. The minimum atomic E-state index is -4.38. The molecular formula is C47H88NO8P. The Morgan fingerprint density at radius 1 is 0.526 bits per heavy atom. The van der Waals surface area contributed by atoms with E-state index in [-0.39, 0.29) is 32.6 Å². The minimum absolute atomic E-state index is 0.0508. The SMILES string of the molecule is CCCCC/C=C/C/C=C/C/C=C/CCCCCCC(=O)OC[C@H](COP(=O)(O)OCCN)OC(=O)CCCCCCCCCCCCCCCCCCCCC. The summed E-state index contributed by atoms with van der Waals surface area (Å²) in [6.07, 6.45) is 48.9. The molecule has 0 rings (SSSR count). The fourth-order valence-electron chi connectivity index (χ4n) is 6.52. The summed E-state index contributed by atoms with van der Waals surface area (Å²) in [4.78, 5) is 34.9. The molecule has 0 amide bonds. The van der Waals surface area contributed by atoms with Gasteiger partial charge in [0.15, 0.2) is 6.10 Å². The van der Waals surface area contributed by atoms with Crippen molar-refractivity contribution in [1.82, 2.24) is 0 Å². The second-order valence-corrected chi connectivity index (χ2v) is 17.1. The number of phosphoric ester groups is 1. The molecular weight excluding hydrogens is 737 g/mol. The van der Waals surface area contributed by atoms with Crippen molar-refractivity contribution in [2.75, 3.05) is 26.4 Å². The molecule has 0 aromatic heterocycles. The molecule has 0 fully saturated rings. The molecule has 0 aliphatic heterocycles. The first-order valence-electron chi connectivity index (χ1n) is 23.5. The number of esters is 2. The highest BCUT2D eigenvalue weighted by molar-refractivity contribution is 7.47. The Labute approximate surface area is 350 Å². The van der Waals surface area contributed by atoms with Gasteiger partial charge < -0.3 is 20.1 Å². The molecule has 2 atom stereocenters. The molecule has 9 nitrogen and oxygen atoms in total. The average Bonchev–Trinajstić information content (AvgIpc) is 3.20. The third kappa shape index (κ3) is 43.6. The molecule has 0 spiro atoms. The van der Waals surface area contributed by atoms with E-state index in [0.717, 1.165) is 51.4 Å². The van der Waals surface area contributed by atoms with Crippen LogP contribution in [-0.2, 0) is 32.7 Å². The van der Waals surface area contributed by atoms with Gasteiger partial charge in [0, 0.05) is 19.4 Å². The molecule has 1 unspecified atom stereocenters. The van der Waals surface area contributed by atoms with Gasteiger partial charge in [-0.15, -0.1) is 0 Å². The summed E-state index contributed by atoms with van der Waals surface area (Å²) in [6.45, 7) is 3.71. The minimum Gasteiger partial charge on any atom is -0.462 e. The highest BCUT2D eigenvalue weighted by Gasteiger charge is 2.26. The van der Waals surface area contributed by atoms with E-state index in [1.54, 1.807) is 0 Å². The lowest BCUT2D eigenvalue weighted by molar-refractivity contribution is -0.161. The summed E-state index contributed by atoms with van der Waals surface area (Å²) in [5, 5.41) is 0. The van der Waals surface area contributed by atoms with Gasteiger partial charge in [-0.25, -0.2) is 4.57 Å². The fourth-order valence-corrected chi connectivity index (χ4v) is 7.29. The van der Waals surface area contributed by atoms with E-state index in [1.807, 2.05) is 0 Å². The number of hydrogen-bond donors (Lipinski definition) is 2. The highest BCUT2D eigenvalue weighted by atomic mass is 31.2. The summed E-state index contributed by atoms with van der Waals surface area (Å²) in [7, 11) is -4.38. The number of hydrogen-bond acceptors (Lipinski definition) is 8. The number of phosphoric acid groups is 1. The topological polar surface area (TPSA) is 134 Å². The first kappa shape index (κ1) is 55.2. The normalized spacial score (nSPS) is 13.5. The molecule has 0 aromatic carbocycles.